The van der Waals surface area contributed by atoms with E-state index in [0.29, 0.717) is 12.1 Å². The normalized spacial score (nSPS) is 18.8. The highest BCUT2D eigenvalue weighted by molar-refractivity contribution is 5.80. The van der Waals surface area contributed by atoms with Crippen molar-refractivity contribution in [3.05, 3.63) is 0 Å². The van der Waals surface area contributed by atoms with Crippen molar-refractivity contribution in [1.82, 2.24) is 20.0 Å². The van der Waals surface area contributed by atoms with Gasteiger partial charge < -0.3 is 15.1 Å². The molecule has 1 rings (SSSR count). The summed E-state index contributed by atoms with van der Waals surface area (Å²) in [5.41, 5.74) is 0. The molecule has 0 amide bonds. The zero-order valence-electron chi connectivity index (χ0n) is 18.6. The lowest BCUT2D eigenvalue weighted by Crippen LogP contribution is -2.41. The first kappa shape index (κ1) is 23.2. The molecule has 5 nitrogen and oxygen atoms in total. The van der Waals surface area contributed by atoms with Crippen molar-refractivity contribution in [2.24, 2.45) is 10.9 Å². The van der Waals surface area contributed by atoms with Crippen LogP contribution >= 0.6 is 0 Å². The average Bonchev–Trinajstić information content (AvgIpc) is 3.06. The van der Waals surface area contributed by atoms with Gasteiger partial charge in [0.15, 0.2) is 5.96 Å². The van der Waals surface area contributed by atoms with Gasteiger partial charge in [-0.2, -0.15) is 0 Å². The molecule has 0 aliphatic carbocycles. The summed E-state index contributed by atoms with van der Waals surface area (Å²) in [5, 5.41) is 3.51. The topological polar surface area (TPSA) is 34.1 Å². The SMILES string of the molecule is CCNC(=NCCCN(C(C)C)C(C)C)N1CCC(CN(CC)CC)C1. The van der Waals surface area contributed by atoms with E-state index in [1.165, 1.54) is 13.0 Å². The minimum atomic E-state index is 0.603. The Morgan fingerprint density at radius 2 is 1.77 bits per heavy atom. The van der Waals surface area contributed by atoms with Gasteiger partial charge in [-0.15, -0.1) is 0 Å². The summed E-state index contributed by atoms with van der Waals surface area (Å²) in [7, 11) is 0. The fourth-order valence-corrected chi connectivity index (χ4v) is 4.00. The Morgan fingerprint density at radius 1 is 1.12 bits per heavy atom. The van der Waals surface area contributed by atoms with Crippen LogP contribution in [0.2, 0.25) is 0 Å². The van der Waals surface area contributed by atoms with E-state index in [-0.39, 0.29) is 0 Å². The highest BCUT2D eigenvalue weighted by Crippen LogP contribution is 2.17. The third kappa shape index (κ3) is 7.83. The zero-order chi connectivity index (χ0) is 19.5. The van der Waals surface area contributed by atoms with Gasteiger partial charge in [0.25, 0.3) is 0 Å². The van der Waals surface area contributed by atoms with Gasteiger partial charge in [-0.05, 0) is 66.5 Å². The summed E-state index contributed by atoms with van der Waals surface area (Å²) < 4.78 is 0. The molecule has 1 fully saturated rings. The minimum Gasteiger partial charge on any atom is -0.357 e. The lowest BCUT2D eigenvalue weighted by Gasteiger charge is -2.30. The van der Waals surface area contributed by atoms with Crippen LogP contribution in [-0.4, -0.2) is 85.1 Å². The standard InChI is InChI=1S/C21H45N5/c1-8-22-21(23-13-11-14-26(18(4)5)19(6)7)25-15-12-20(17-25)16-24(9-2)10-3/h18-20H,8-17H2,1-7H3,(H,22,23). The highest BCUT2D eigenvalue weighted by atomic mass is 15.3. The fourth-order valence-electron chi connectivity index (χ4n) is 4.00. The quantitative estimate of drug-likeness (QED) is 0.346. The Bertz CT molecular complexity index is 382. The lowest BCUT2D eigenvalue weighted by molar-refractivity contribution is 0.174. The van der Waals surface area contributed by atoms with Gasteiger partial charge in [0.05, 0.1) is 0 Å². The second-order valence-electron chi connectivity index (χ2n) is 8.10. The molecule has 1 atom stereocenters. The Kier molecular flexibility index (Phi) is 11.2. The average molecular weight is 368 g/mol. The largest absolute Gasteiger partial charge is 0.357 e. The molecule has 0 saturated carbocycles. The van der Waals surface area contributed by atoms with Gasteiger partial charge in [-0.25, -0.2) is 0 Å². The summed E-state index contributed by atoms with van der Waals surface area (Å²) in [6.45, 7) is 24.6. The zero-order valence-corrected chi connectivity index (χ0v) is 18.6. The molecule has 1 N–H and O–H groups in total. The maximum absolute atomic E-state index is 4.93. The van der Waals surface area contributed by atoms with Crippen molar-refractivity contribution in [2.75, 3.05) is 52.4 Å². The predicted molar refractivity (Wildman–Crippen MR) is 115 cm³/mol. The number of hydrogen-bond acceptors (Lipinski definition) is 3. The molecule has 1 heterocycles. The van der Waals surface area contributed by atoms with E-state index in [1.54, 1.807) is 0 Å². The minimum absolute atomic E-state index is 0.603. The number of aliphatic imine (C=N–C) groups is 1. The summed E-state index contributed by atoms with van der Waals surface area (Å²) in [6, 6.07) is 1.21. The van der Waals surface area contributed by atoms with Crippen LogP contribution in [0, 0.1) is 5.92 Å². The number of hydrogen-bond donors (Lipinski definition) is 1. The first-order chi connectivity index (χ1) is 12.4. The fraction of sp³-hybridized carbons (Fsp3) is 0.952. The van der Waals surface area contributed by atoms with Crippen molar-refractivity contribution in [2.45, 2.75) is 73.4 Å². The smallest absolute Gasteiger partial charge is 0.193 e. The number of rotatable bonds is 11. The van der Waals surface area contributed by atoms with Crippen LogP contribution < -0.4 is 5.32 Å². The highest BCUT2D eigenvalue weighted by Gasteiger charge is 2.25. The summed E-state index contributed by atoms with van der Waals surface area (Å²) in [6.07, 6.45) is 2.41. The molecule has 1 aliphatic heterocycles. The van der Waals surface area contributed by atoms with Crippen molar-refractivity contribution >= 4 is 5.96 Å². The second kappa shape index (κ2) is 12.6. The van der Waals surface area contributed by atoms with E-state index in [9.17, 15) is 0 Å². The first-order valence-electron chi connectivity index (χ1n) is 10.9. The monoisotopic (exact) mass is 367 g/mol. The molecule has 1 unspecified atom stereocenters. The molecule has 0 aromatic rings. The number of nitrogens with one attached hydrogen (secondary N) is 1. The van der Waals surface area contributed by atoms with Crippen molar-refractivity contribution in [3.8, 4) is 0 Å². The van der Waals surface area contributed by atoms with Crippen LogP contribution in [0.25, 0.3) is 0 Å². The molecule has 26 heavy (non-hydrogen) atoms. The van der Waals surface area contributed by atoms with Gasteiger partial charge >= 0.3 is 0 Å². The molecule has 0 bridgehead atoms. The van der Waals surface area contributed by atoms with E-state index in [2.05, 4.69) is 68.5 Å². The van der Waals surface area contributed by atoms with Gasteiger partial charge in [0.2, 0.25) is 0 Å². The summed E-state index contributed by atoms with van der Waals surface area (Å²) >= 11 is 0. The van der Waals surface area contributed by atoms with E-state index in [0.717, 1.165) is 64.1 Å². The molecule has 1 saturated heterocycles. The molecule has 0 radical (unpaired) electrons. The number of guanidine groups is 1. The van der Waals surface area contributed by atoms with Crippen molar-refractivity contribution in [1.29, 1.82) is 0 Å². The molecular weight excluding hydrogens is 322 g/mol. The number of nitrogens with zero attached hydrogens (tertiary/aromatic N) is 4. The van der Waals surface area contributed by atoms with Crippen LogP contribution in [0.1, 0.15) is 61.3 Å². The third-order valence-corrected chi connectivity index (χ3v) is 5.49. The van der Waals surface area contributed by atoms with Crippen LogP contribution in [0.4, 0.5) is 0 Å². The molecule has 0 aromatic carbocycles. The van der Waals surface area contributed by atoms with Crippen LogP contribution in [-0.2, 0) is 0 Å². The predicted octanol–water partition coefficient (Wildman–Crippen LogP) is 3.12. The Morgan fingerprint density at radius 3 is 2.31 bits per heavy atom. The van der Waals surface area contributed by atoms with E-state index in [1.807, 2.05) is 0 Å². The number of likely N-dealkylation sites (tertiary alicyclic amines) is 1. The molecular formula is C21H45N5. The third-order valence-electron chi connectivity index (χ3n) is 5.49. The van der Waals surface area contributed by atoms with Crippen molar-refractivity contribution in [3.63, 3.8) is 0 Å². The van der Waals surface area contributed by atoms with E-state index in [4.69, 9.17) is 4.99 Å². The van der Waals surface area contributed by atoms with Crippen LogP contribution in [0.15, 0.2) is 4.99 Å². The molecule has 1 aliphatic rings. The lowest BCUT2D eigenvalue weighted by atomic mass is 10.1. The maximum atomic E-state index is 4.93. The van der Waals surface area contributed by atoms with Gasteiger partial charge in [-0.1, -0.05) is 13.8 Å². The van der Waals surface area contributed by atoms with Crippen LogP contribution in [0.3, 0.4) is 0 Å². The molecule has 0 aromatic heterocycles. The molecule has 154 valence electrons. The van der Waals surface area contributed by atoms with Gasteiger partial charge in [-0.3, -0.25) is 9.89 Å². The Balaban J connectivity index is 2.51. The van der Waals surface area contributed by atoms with Gasteiger partial charge in [0, 0.05) is 51.4 Å². The van der Waals surface area contributed by atoms with Crippen molar-refractivity contribution < 1.29 is 0 Å². The first-order valence-corrected chi connectivity index (χ1v) is 10.9. The summed E-state index contributed by atoms with van der Waals surface area (Å²) in [5.74, 6) is 1.89. The second-order valence-corrected chi connectivity index (χ2v) is 8.10. The molecule has 0 spiro atoms. The Labute approximate surface area is 163 Å². The van der Waals surface area contributed by atoms with E-state index >= 15 is 0 Å². The van der Waals surface area contributed by atoms with Crippen LogP contribution in [0.5, 0.6) is 0 Å². The Hall–Kier alpha value is -0.810. The molecule has 5 heteroatoms. The maximum Gasteiger partial charge on any atom is 0.193 e. The van der Waals surface area contributed by atoms with Gasteiger partial charge in [0.1, 0.15) is 0 Å². The van der Waals surface area contributed by atoms with E-state index < -0.39 is 0 Å². The summed E-state index contributed by atoms with van der Waals surface area (Å²) in [4.78, 5) is 12.5.